The van der Waals surface area contributed by atoms with Gasteiger partial charge in [0.05, 0.1) is 0 Å². The predicted molar refractivity (Wildman–Crippen MR) is 90.0 cm³/mol. The highest BCUT2D eigenvalue weighted by atomic mass is 14.1. The maximum atomic E-state index is 2.33. The predicted octanol–water partition coefficient (Wildman–Crippen LogP) is 6.10. The summed E-state index contributed by atoms with van der Waals surface area (Å²) in [5, 5.41) is 0. The highest BCUT2D eigenvalue weighted by Crippen LogP contribution is 2.27. The van der Waals surface area contributed by atoms with E-state index in [2.05, 4.69) is 82.3 Å². The fourth-order valence-electron chi connectivity index (χ4n) is 2.48. The molecule has 0 saturated carbocycles. The van der Waals surface area contributed by atoms with Crippen molar-refractivity contribution < 1.29 is 0 Å². The average molecular weight is 264 g/mol. The van der Waals surface area contributed by atoms with E-state index < -0.39 is 0 Å². The summed E-state index contributed by atoms with van der Waals surface area (Å²) in [6.45, 7) is 9.07. The normalized spacial score (nSPS) is 11.7. The molecule has 0 nitrogen and oxygen atoms in total. The van der Waals surface area contributed by atoms with Crippen LogP contribution in [0.1, 0.15) is 61.8 Å². The van der Waals surface area contributed by atoms with E-state index in [-0.39, 0.29) is 0 Å². The molecule has 0 heteroatoms. The molecular formula is C20H24. The minimum absolute atomic E-state index is 0.567. The van der Waals surface area contributed by atoms with Gasteiger partial charge in [-0.25, -0.2) is 0 Å². The van der Waals surface area contributed by atoms with E-state index in [1.807, 2.05) is 6.07 Å². The van der Waals surface area contributed by atoms with E-state index in [0.29, 0.717) is 11.8 Å². The lowest BCUT2D eigenvalue weighted by Crippen LogP contribution is -1.98. The first kappa shape index (κ1) is 14.6. The minimum Gasteiger partial charge on any atom is -0.0622 e. The third-order valence-corrected chi connectivity index (χ3v) is 3.62. The summed E-state index contributed by atoms with van der Waals surface area (Å²) < 4.78 is 0. The zero-order chi connectivity index (χ0) is 14.5. The lowest BCUT2D eigenvalue weighted by molar-refractivity contribution is 0.790. The van der Waals surface area contributed by atoms with Crippen LogP contribution in [0.2, 0.25) is 0 Å². The molecule has 0 aliphatic rings. The number of hydrogen-bond acceptors (Lipinski definition) is 0. The SMILES string of the molecule is CC(C)c1ccc(C=Cc2ccccc2)cc1C(C)C. The molecule has 0 spiro atoms. The topological polar surface area (TPSA) is 0 Å². The lowest BCUT2D eigenvalue weighted by atomic mass is 9.89. The first-order valence-electron chi connectivity index (χ1n) is 7.45. The highest BCUT2D eigenvalue weighted by Gasteiger charge is 2.09. The fourth-order valence-corrected chi connectivity index (χ4v) is 2.48. The Morgan fingerprint density at radius 3 is 1.85 bits per heavy atom. The molecule has 0 bridgehead atoms. The Hall–Kier alpha value is -1.82. The van der Waals surface area contributed by atoms with Gasteiger partial charge in [0.2, 0.25) is 0 Å². The molecule has 0 unspecified atom stereocenters. The molecule has 0 N–H and O–H groups in total. The third kappa shape index (κ3) is 3.60. The number of rotatable bonds is 4. The Bertz CT molecular complexity index is 574. The van der Waals surface area contributed by atoms with Crippen molar-refractivity contribution in [3.8, 4) is 0 Å². The van der Waals surface area contributed by atoms with Gasteiger partial charge in [-0.3, -0.25) is 0 Å². The van der Waals surface area contributed by atoms with E-state index in [9.17, 15) is 0 Å². The van der Waals surface area contributed by atoms with Crippen LogP contribution in [-0.4, -0.2) is 0 Å². The largest absolute Gasteiger partial charge is 0.0622 e. The molecule has 0 aliphatic carbocycles. The molecule has 2 rings (SSSR count). The molecule has 0 aliphatic heterocycles. The van der Waals surface area contributed by atoms with Crippen molar-refractivity contribution in [3.63, 3.8) is 0 Å². The van der Waals surface area contributed by atoms with Gasteiger partial charge in [0, 0.05) is 0 Å². The third-order valence-electron chi connectivity index (χ3n) is 3.62. The molecule has 0 fully saturated rings. The molecule has 0 atom stereocenters. The molecular weight excluding hydrogens is 240 g/mol. The molecule has 2 aromatic carbocycles. The summed E-state index contributed by atoms with van der Waals surface area (Å²) in [7, 11) is 0. The maximum absolute atomic E-state index is 2.33. The second-order valence-corrected chi connectivity index (χ2v) is 5.94. The van der Waals surface area contributed by atoms with Crippen LogP contribution in [0, 0.1) is 0 Å². The van der Waals surface area contributed by atoms with E-state index in [1.165, 1.54) is 22.3 Å². The van der Waals surface area contributed by atoms with E-state index >= 15 is 0 Å². The second-order valence-electron chi connectivity index (χ2n) is 5.94. The van der Waals surface area contributed by atoms with Crippen LogP contribution in [0.25, 0.3) is 12.2 Å². The highest BCUT2D eigenvalue weighted by molar-refractivity contribution is 5.70. The van der Waals surface area contributed by atoms with Crippen LogP contribution >= 0.6 is 0 Å². The van der Waals surface area contributed by atoms with Crippen molar-refractivity contribution in [2.45, 2.75) is 39.5 Å². The van der Waals surface area contributed by atoms with Gasteiger partial charge in [0.1, 0.15) is 0 Å². The average Bonchev–Trinajstić information content (AvgIpc) is 2.45. The van der Waals surface area contributed by atoms with Gasteiger partial charge in [0.25, 0.3) is 0 Å². The standard InChI is InChI=1S/C20H24/c1-15(2)19-13-12-18(14-20(19)16(3)4)11-10-17-8-6-5-7-9-17/h5-16H,1-4H3. The Labute approximate surface area is 123 Å². The van der Waals surface area contributed by atoms with Crippen LogP contribution in [0.5, 0.6) is 0 Å². The second kappa shape index (κ2) is 6.56. The Kier molecular flexibility index (Phi) is 4.79. The van der Waals surface area contributed by atoms with Crippen molar-refractivity contribution in [1.29, 1.82) is 0 Å². The van der Waals surface area contributed by atoms with Crippen molar-refractivity contribution in [1.82, 2.24) is 0 Å². The van der Waals surface area contributed by atoms with Crippen LogP contribution in [-0.2, 0) is 0 Å². The molecule has 20 heavy (non-hydrogen) atoms. The first-order chi connectivity index (χ1) is 9.58. The fraction of sp³-hybridized carbons (Fsp3) is 0.300. The van der Waals surface area contributed by atoms with Crippen molar-refractivity contribution in [3.05, 3.63) is 70.8 Å². The summed E-state index contributed by atoms with van der Waals surface area (Å²) in [6.07, 6.45) is 4.37. The number of benzene rings is 2. The van der Waals surface area contributed by atoms with Gasteiger partial charge in [0.15, 0.2) is 0 Å². The number of hydrogen-bond donors (Lipinski definition) is 0. The van der Waals surface area contributed by atoms with Gasteiger partial charge >= 0.3 is 0 Å². The quantitative estimate of drug-likeness (QED) is 0.585. The summed E-state index contributed by atoms with van der Waals surface area (Å²) in [5.74, 6) is 1.15. The Balaban J connectivity index is 2.30. The van der Waals surface area contributed by atoms with E-state index in [0.717, 1.165) is 0 Å². The summed E-state index contributed by atoms with van der Waals surface area (Å²) >= 11 is 0. The van der Waals surface area contributed by atoms with Gasteiger partial charge in [-0.15, -0.1) is 0 Å². The van der Waals surface area contributed by atoms with Gasteiger partial charge in [-0.1, -0.05) is 88.4 Å². The molecule has 0 heterocycles. The maximum Gasteiger partial charge on any atom is -0.0216 e. The van der Waals surface area contributed by atoms with Crippen molar-refractivity contribution in [2.24, 2.45) is 0 Å². The summed E-state index contributed by atoms with van der Waals surface area (Å²) in [5.41, 5.74) is 5.46. The van der Waals surface area contributed by atoms with Crippen molar-refractivity contribution in [2.75, 3.05) is 0 Å². The van der Waals surface area contributed by atoms with Crippen LogP contribution < -0.4 is 0 Å². The minimum atomic E-state index is 0.567. The van der Waals surface area contributed by atoms with E-state index in [4.69, 9.17) is 0 Å². The summed E-state index contributed by atoms with van der Waals surface area (Å²) in [6, 6.07) is 17.3. The lowest BCUT2D eigenvalue weighted by Gasteiger charge is -2.16. The Morgan fingerprint density at radius 1 is 0.650 bits per heavy atom. The molecule has 104 valence electrons. The van der Waals surface area contributed by atoms with Gasteiger partial charge in [-0.2, -0.15) is 0 Å². The van der Waals surface area contributed by atoms with Gasteiger partial charge in [-0.05, 0) is 34.1 Å². The Morgan fingerprint density at radius 2 is 1.25 bits per heavy atom. The molecule has 0 amide bonds. The summed E-state index contributed by atoms with van der Waals surface area (Å²) in [4.78, 5) is 0. The van der Waals surface area contributed by atoms with Crippen molar-refractivity contribution >= 4 is 12.2 Å². The zero-order valence-electron chi connectivity index (χ0n) is 12.9. The smallest absolute Gasteiger partial charge is 0.0216 e. The van der Waals surface area contributed by atoms with Crippen LogP contribution in [0.4, 0.5) is 0 Å². The molecule has 2 aromatic rings. The molecule has 0 aromatic heterocycles. The first-order valence-corrected chi connectivity index (χ1v) is 7.45. The van der Waals surface area contributed by atoms with Crippen LogP contribution in [0.15, 0.2) is 48.5 Å². The van der Waals surface area contributed by atoms with Crippen LogP contribution in [0.3, 0.4) is 0 Å². The molecule has 0 saturated heterocycles. The van der Waals surface area contributed by atoms with E-state index in [1.54, 1.807) is 0 Å². The van der Waals surface area contributed by atoms with Gasteiger partial charge < -0.3 is 0 Å². The zero-order valence-corrected chi connectivity index (χ0v) is 12.9. The molecule has 0 radical (unpaired) electrons. The monoisotopic (exact) mass is 264 g/mol.